The van der Waals surface area contributed by atoms with Crippen LogP contribution in [-0.2, 0) is 4.79 Å². The zero-order chi connectivity index (χ0) is 12.8. The highest BCUT2D eigenvalue weighted by Crippen LogP contribution is 2.18. The molecule has 1 aromatic rings. The minimum absolute atomic E-state index is 0.191. The number of amides is 1. The van der Waals surface area contributed by atoms with Gasteiger partial charge in [0.25, 0.3) is 0 Å². The lowest BCUT2D eigenvalue weighted by Crippen LogP contribution is -2.27. The van der Waals surface area contributed by atoms with Crippen molar-refractivity contribution in [2.75, 3.05) is 6.54 Å². The Balaban J connectivity index is 1.58. The third kappa shape index (κ3) is 4.45. The first-order valence-corrected chi connectivity index (χ1v) is 6.68. The summed E-state index contributed by atoms with van der Waals surface area (Å²) < 4.78 is 0. The van der Waals surface area contributed by atoms with Crippen LogP contribution in [0, 0.1) is 0 Å². The molecule has 1 saturated carbocycles. The number of nitrogens with one attached hydrogen (secondary N) is 2. The summed E-state index contributed by atoms with van der Waals surface area (Å²) in [4.78, 5) is 15.5. The van der Waals surface area contributed by atoms with Crippen molar-refractivity contribution in [3.8, 4) is 0 Å². The average molecular weight is 247 g/mol. The van der Waals surface area contributed by atoms with Gasteiger partial charge in [-0.05, 0) is 50.4 Å². The van der Waals surface area contributed by atoms with Crippen LogP contribution in [0.3, 0.4) is 0 Å². The van der Waals surface area contributed by atoms with E-state index in [1.54, 1.807) is 12.4 Å². The van der Waals surface area contributed by atoms with Crippen LogP contribution in [-0.4, -0.2) is 23.5 Å². The molecule has 1 aliphatic carbocycles. The van der Waals surface area contributed by atoms with Crippen LogP contribution in [0.15, 0.2) is 24.5 Å². The fraction of sp³-hybridized carbons (Fsp3) is 0.571. The molecule has 0 aromatic carbocycles. The highest BCUT2D eigenvalue weighted by Gasteiger charge is 2.22. The fourth-order valence-electron chi connectivity index (χ4n) is 1.86. The summed E-state index contributed by atoms with van der Waals surface area (Å²) in [5.41, 5.74) is 1.23. The molecule has 0 aliphatic heterocycles. The monoisotopic (exact) mass is 247 g/mol. The Labute approximate surface area is 108 Å². The van der Waals surface area contributed by atoms with Crippen molar-refractivity contribution >= 4 is 5.91 Å². The largest absolute Gasteiger partial charge is 0.353 e. The number of nitrogens with zero attached hydrogens (tertiary/aromatic N) is 1. The van der Waals surface area contributed by atoms with E-state index in [1.807, 2.05) is 12.1 Å². The van der Waals surface area contributed by atoms with Gasteiger partial charge in [-0.2, -0.15) is 0 Å². The quantitative estimate of drug-likeness (QED) is 0.722. The van der Waals surface area contributed by atoms with Gasteiger partial charge in [0.15, 0.2) is 0 Å². The molecule has 1 atom stereocenters. The van der Waals surface area contributed by atoms with E-state index < -0.39 is 0 Å². The predicted octanol–water partition coefficient (Wildman–Crippen LogP) is 1.79. The van der Waals surface area contributed by atoms with E-state index in [-0.39, 0.29) is 5.91 Å². The molecule has 1 aromatic heterocycles. The Morgan fingerprint density at radius 1 is 1.44 bits per heavy atom. The second-order valence-corrected chi connectivity index (χ2v) is 4.90. The van der Waals surface area contributed by atoms with Gasteiger partial charge >= 0.3 is 0 Å². The molecular weight excluding hydrogens is 226 g/mol. The van der Waals surface area contributed by atoms with Crippen LogP contribution < -0.4 is 10.6 Å². The van der Waals surface area contributed by atoms with Gasteiger partial charge in [0.1, 0.15) is 0 Å². The summed E-state index contributed by atoms with van der Waals surface area (Å²) in [6.45, 7) is 2.99. The smallest absolute Gasteiger partial charge is 0.220 e. The van der Waals surface area contributed by atoms with E-state index in [0.29, 0.717) is 18.5 Å². The van der Waals surface area contributed by atoms with E-state index in [2.05, 4.69) is 22.5 Å². The van der Waals surface area contributed by atoms with Gasteiger partial charge in [-0.15, -0.1) is 0 Å². The average Bonchev–Trinajstić information content (AvgIpc) is 3.19. The Bertz CT molecular complexity index is 376. The second kappa shape index (κ2) is 6.50. The molecule has 1 unspecified atom stereocenters. The molecule has 1 fully saturated rings. The number of pyridine rings is 1. The number of aromatic nitrogens is 1. The van der Waals surface area contributed by atoms with E-state index in [0.717, 1.165) is 25.8 Å². The number of rotatable bonds is 7. The summed E-state index contributed by atoms with van der Waals surface area (Å²) in [7, 11) is 0. The van der Waals surface area contributed by atoms with Crippen molar-refractivity contribution in [2.45, 2.75) is 44.7 Å². The topological polar surface area (TPSA) is 54.0 Å². The lowest BCUT2D eigenvalue weighted by molar-refractivity contribution is -0.121. The number of hydrogen-bond acceptors (Lipinski definition) is 3. The first-order chi connectivity index (χ1) is 8.75. The number of carbonyl (C=O) groups is 1. The van der Waals surface area contributed by atoms with E-state index in [4.69, 9.17) is 0 Å². The molecule has 4 nitrogen and oxygen atoms in total. The molecule has 18 heavy (non-hydrogen) atoms. The van der Waals surface area contributed by atoms with E-state index in [1.165, 1.54) is 5.56 Å². The Morgan fingerprint density at radius 3 is 2.83 bits per heavy atom. The maximum Gasteiger partial charge on any atom is 0.220 e. The first-order valence-electron chi connectivity index (χ1n) is 6.68. The van der Waals surface area contributed by atoms with Crippen LogP contribution >= 0.6 is 0 Å². The van der Waals surface area contributed by atoms with Crippen LogP contribution in [0.1, 0.15) is 44.2 Å². The van der Waals surface area contributed by atoms with Crippen molar-refractivity contribution < 1.29 is 4.79 Å². The van der Waals surface area contributed by atoms with Crippen molar-refractivity contribution in [1.29, 1.82) is 0 Å². The van der Waals surface area contributed by atoms with Crippen LogP contribution in [0.5, 0.6) is 0 Å². The summed E-state index contributed by atoms with van der Waals surface area (Å²) in [5, 5.41) is 6.41. The fourth-order valence-corrected chi connectivity index (χ4v) is 1.86. The SMILES string of the molecule is CC(NCCCC(=O)NC1CC1)c1ccncc1. The first kappa shape index (κ1) is 13.0. The molecule has 2 N–H and O–H groups in total. The lowest BCUT2D eigenvalue weighted by atomic mass is 10.1. The molecule has 0 spiro atoms. The van der Waals surface area contributed by atoms with Gasteiger partial charge in [0, 0.05) is 30.9 Å². The van der Waals surface area contributed by atoms with Gasteiger partial charge in [-0.25, -0.2) is 0 Å². The maximum absolute atomic E-state index is 11.5. The van der Waals surface area contributed by atoms with Crippen LogP contribution in [0.25, 0.3) is 0 Å². The maximum atomic E-state index is 11.5. The summed E-state index contributed by atoms with van der Waals surface area (Å²) in [6.07, 6.45) is 7.42. The standard InChI is InChI=1S/C14H21N3O/c1-11(12-6-9-15-10-7-12)16-8-2-3-14(18)17-13-4-5-13/h6-7,9-11,13,16H,2-5,8H2,1H3,(H,17,18). The lowest BCUT2D eigenvalue weighted by Gasteiger charge is -2.13. The van der Waals surface area contributed by atoms with Crippen molar-refractivity contribution in [1.82, 2.24) is 15.6 Å². The highest BCUT2D eigenvalue weighted by molar-refractivity contribution is 5.76. The number of carbonyl (C=O) groups excluding carboxylic acids is 1. The molecular formula is C14H21N3O. The minimum atomic E-state index is 0.191. The molecule has 0 radical (unpaired) electrons. The van der Waals surface area contributed by atoms with Crippen LogP contribution in [0.4, 0.5) is 0 Å². The normalized spacial score (nSPS) is 16.3. The van der Waals surface area contributed by atoms with Crippen LogP contribution in [0.2, 0.25) is 0 Å². The van der Waals surface area contributed by atoms with E-state index >= 15 is 0 Å². The van der Waals surface area contributed by atoms with Crippen molar-refractivity contribution in [3.63, 3.8) is 0 Å². The predicted molar refractivity (Wildman–Crippen MR) is 71.1 cm³/mol. The summed E-state index contributed by atoms with van der Waals surface area (Å²) in [5.74, 6) is 0.191. The zero-order valence-electron chi connectivity index (χ0n) is 10.9. The summed E-state index contributed by atoms with van der Waals surface area (Å²) in [6, 6.07) is 4.80. The molecule has 0 saturated heterocycles. The molecule has 1 amide bonds. The third-order valence-corrected chi connectivity index (χ3v) is 3.18. The van der Waals surface area contributed by atoms with Gasteiger partial charge in [-0.3, -0.25) is 9.78 Å². The van der Waals surface area contributed by atoms with Gasteiger partial charge in [-0.1, -0.05) is 0 Å². The third-order valence-electron chi connectivity index (χ3n) is 3.18. The molecule has 4 heteroatoms. The van der Waals surface area contributed by atoms with Crippen molar-refractivity contribution in [2.24, 2.45) is 0 Å². The van der Waals surface area contributed by atoms with Crippen molar-refractivity contribution in [3.05, 3.63) is 30.1 Å². The van der Waals surface area contributed by atoms with Gasteiger partial charge in [0.2, 0.25) is 5.91 Å². The Morgan fingerprint density at radius 2 is 2.17 bits per heavy atom. The second-order valence-electron chi connectivity index (χ2n) is 4.90. The molecule has 1 heterocycles. The van der Waals surface area contributed by atoms with E-state index in [9.17, 15) is 4.79 Å². The molecule has 98 valence electrons. The molecule has 1 aliphatic rings. The van der Waals surface area contributed by atoms with Gasteiger partial charge in [0.05, 0.1) is 0 Å². The summed E-state index contributed by atoms with van der Waals surface area (Å²) >= 11 is 0. The zero-order valence-corrected chi connectivity index (χ0v) is 10.9. The molecule has 0 bridgehead atoms. The Hall–Kier alpha value is -1.42. The highest BCUT2D eigenvalue weighted by atomic mass is 16.1. The Kier molecular flexibility index (Phi) is 4.70. The molecule has 2 rings (SSSR count). The minimum Gasteiger partial charge on any atom is -0.353 e. The van der Waals surface area contributed by atoms with Gasteiger partial charge < -0.3 is 10.6 Å². The number of hydrogen-bond donors (Lipinski definition) is 2.